The van der Waals surface area contributed by atoms with Gasteiger partial charge in [0.1, 0.15) is 0 Å². The molecule has 2 heterocycles. The van der Waals surface area contributed by atoms with Crippen molar-refractivity contribution in [2.45, 2.75) is 19.8 Å². The lowest BCUT2D eigenvalue weighted by Crippen LogP contribution is -2.40. The molecule has 1 aromatic heterocycles. The van der Waals surface area contributed by atoms with Crippen LogP contribution in [0.2, 0.25) is 0 Å². The Labute approximate surface area is 161 Å². The maximum Gasteiger partial charge on any atom is 0.193 e. The highest BCUT2D eigenvalue weighted by atomic mass is 16.5. The van der Waals surface area contributed by atoms with E-state index in [9.17, 15) is 0 Å². The van der Waals surface area contributed by atoms with Crippen LogP contribution >= 0.6 is 0 Å². The van der Waals surface area contributed by atoms with Crippen LogP contribution in [0.3, 0.4) is 0 Å². The van der Waals surface area contributed by atoms with Gasteiger partial charge >= 0.3 is 0 Å². The van der Waals surface area contributed by atoms with Crippen LogP contribution in [0.1, 0.15) is 18.9 Å². The fourth-order valence-corrected chi connectivity index (χ4v) is 3.60. The van der Waals surface area contributed by atoms with Gasteiger partial charge in [0, 0.05) is 56.3 Å². The van der Waals surface area contributed by atoms with Crippen LogP contribution in [-0.4, -0.2) is 69.0 Å². The number of nitrogens with zero attached hydrogens (tertiary/aromatic N) is 2. The van der Waals surface area contributed by atoms with Gasteiger partial charge in [-0.3, -0.25) is 4.99 Å². The lowest BCUT2D eigenvalue weighted by atomic mass is 10.1. The maximum atomic E-state index is 5.70. The van der Waals surface area contributed by atoms with E-state index in [2.05, 4.69) is 52.6 Å². The van der Waals surface area contributed by atoms with Crippen molar-refractivity contribution >= 4 is 16.9 Å². The summed E-state index contributed by atoms with van der Waals surface area (Å²) in [6, 6.07) is 8.44. The summed E-state index contributed by atoms with van der Waals surface area (Å²) in [7, 11) is 1.70. The Morgan fingerprint density at radius 2 is 2.22 bits per heavy atom. The Morgan fingerprint density at radius 3 is 3.07 bits per heavy atom. The summed E-state index contributed by atoms with van der Waals surface area (Å²) in [6.07, 6.45) is 4.20. The van der Waals surface area contributed by atoms with E-state index in [1.54, 1.807) is 7.11 Å². The molecule has 3 rings (SSSR count). The molecule has 1 atom stereocenters. The average molecular weight is 373 g/mol. The number of H-pyrrole nitrogens is 1. The highest BCUT2D eigenvalue weighted by molar-refractivity contribution is 5.83. The first kappa shape index (κ1) is 19.7. The number of para-hydroxylation sites is 1. The molecule has 148 valence electrons. The number of nitrogens with one attached hydrogen (secondary N) is 2. The third-order valence-corrected chi connectivity index (χ3v) is 5.02. The van der Waals surface area contributed by atoms with Crippen molar-refractivity contribution in [3.8, 4) is 0 Å². The minimum atomic E-state index is 0.569. The summed E-state index contributed by atoms with van der Waals surface area (Å²) >= 11 is 0. The minimum absolute atomic E-state index is 0.569. The first-order chi connectivity index (χ1) is 13.3. The fourth-order valence-electron chi connectivity index (χ4n) is 3.60. The van der Waals surface area contributed by atoms with Gasteiger partial charge in [-0.2, -0.15) is 0 Å². The first-order valence-electron chi connectivity index (χ1n) is 9.96. The maximum absolute atomic E-state index is 5.70. The van der Waals surface area contributed by atoms with Crippen molar-refractivity contribution in [1.82, 2.24) is 15.2 Å². The molecule has 27 heavy (non-hydrogen) atoms. The zero-order valence-corrected chi connectivity index (χ0v) is 16.5. The fraction of sp³-hybridized carbons (Fsp3) is 0.571. The zero-order valence-electron chi connectivity index (χ0n) is 16.5. The van der Waals surface area contributed by atoms with E-state index < -0.39 is 0 Å². The molecule has 2 aromatic rings. The molecule has 6 heteroatoms. The number of rotatable bonds is 9. The van der Waals surface area contributed by atoms with Gasteiger partial charge < -0.3 is 24.7 Å². The second-order valence-corrected chi connectivity index (χ2v) is 7.01. The van der Waals surface area contributed by atoms with Crippen molar-refractivity contribution in [3.05, 3.63) is 36.0 Å². The number of aromatic amines is 1. The van der Waals surface area contributed by atoms with Gasteiger partial charge in [0.25, 0.3) is 0 Å². The van der Waals surface area contributed by atoms with E-state index in [4.69, 9.17) is 14.5 Å². The number of aliphatic imine (C=N–C) groups is 1. The smallest absolute Gasteiger partial charge is 0.193 e. The second-order valence-electron chi connectivity index (χ2n) is 7.01. The molecule has 0 saturated carbocycles. The highest BCUT2D eigenvalue weighted by Gasteiger charge is 2.24. The molecule has 1 saturated heterocycles. The Bertz CT molecular complexity index is 728. The number of hydrogen-bond acceptors (Lipinski definition) is 3. The van der Waals surface area contributed by atoms with Gasteiger partial charge in [-0.25, -0.2) is 0 Å². The predicted molar refractivity (Wildman–Crippen MR) is 110 cm³/mol. The quantitative estimate of drug-likeness (QED) is 0.404. The highest BCUT2D eigenvalue weighted by Crippen LogP contribution is 2.19. The Kier molecular flexibility index (Phi) is 7.54. The number of fused-ring (bicyclic) bond motifs is 1. The van der Waals surface area contributed by atoms with Gasteiger partial charge in [0.15, 0.2) is 5.96 Å². The SMILES string of the molecule is CCNC(=NCCc1c[nH]c2ccccc12)N1CCC(COCCOC)C1. The summed E-state index contributed by atoms with van der Waals surface area (Å²) in [5, 5.41) is 4.74. The molecule has 1 aliphatic heterocycles. The van der Waals surface area contributed by atoms with Gasteiger partial charge in [0.05, 0.1) is 19.8 Å². The molecule has 0 amide bonds. The van der Waals surface area contributed by atoms with E-state index in [1.807, 2.05) is 0 Å². The number of methoxy groups -OCH3 is 1. The molecule has 0 radical (unpaired) electrons. The van der Waals surface area contributed by atoms with Crippen LogP contribution < -0.4 is 5.32 Å². The van der Waals surface area contributed by atoms with E-state index in [0.717, 1.165) is 51.6 Å². The van der Waals surface area contributed by atoms with Crippen molar-refractivity contribution < 1.29 is 9.47 Å². The number of likely N-dealkylation sites (tertiary alicyclic amines) is 1. The van der Waals surface area contributed by atoms with Crippen LogP contribution in [0.4, 0.5) is 0 Å². The van der Waals surface area contributed by atoms with Crippen molar-refractivity contribution in [1.29, 1.82) is 0 Å². The topological polar surface area (TPSA) is 61.9 Å². The Balaban J connectivity index is 1.52. The molecular formula is C21H32N4O2. The van der Waals surface area contributed by atoms with Gasteiger partial charge in [-0.1, -0.05) is 18.2 Å². The number of benzene rings is 1. The summed E-state index contributed by atoms with van der Waals surface area (Å²) in [4.78, 5) is 10.6. The van der Waals surface area contributed by atoms with Crippen LogP contribution in [0, 0.1) is 5.92 Å². The van der Waals surface area contributed by atoms with Crippen LogP contribution in [0.15, 0.2) is 35.5 Å². The Morgan fingerprint density at radius 1 is 1.33 bits per heavy atom. The molecule has 6 nitrogen and oxygen atoms in total. The van der Waals surface area contributed by atoms with Crippen molar-refractivity contribution in [2.75, 3.05) is 53.1 Å². The van der Waals surface area contributed by atoms with E-state index in [-0.39, 0.29) is 0 Å². The summed E-state index contributed by atoms with van der Waals surface area (Å²) < 4.78 is 10.7. The molecule has 1 unspecified atom stereocenters. The van der Waals surface area contributed by atoms with E-state index >= 15 is 0 Å². The largest absolute Gasteiger partial charge is 0.382 e. The summed E-state index contributed by atoms with van der Waals surface area (Å²) in [6.45, 7) is 7.97. The van der Waals surface area contributed by atoms with E-state index in [0.29, 0.717) is 19.1 Å². The van der Waals surface area contributed by atoms with Gasteiger partial charge in [0.2, 0.25) is 0 Å². The van der Waals surface area contributed by atoms with Gasteiger partial charge in [-0.05, 0) is 31.4 Å². The average Bonchev–Trinajstić information content (AvgIpc) is 3.32. The molecule has 1 aromatic carbocycles. The molecule has 2 N–H and O–H groups in total. The second kappa shape index (κ2) is 10.3. The van der Waals surface area contributed by atoms with Crippen LogP contribution in [0.5, 0.6) is 0 Å². The van der Waals surface area contributed by atoms with Crippen LogP contribution in [0.25, 0.3) is 10.9 Å². The standard InChI is InChI=1S/C21H32N4O2/c1-3-22-21(25-11-9-17(15-25)16-27-13-12-26-2)23-10-8-18-14-24-20-7-5-4-6-19(18)20/h4-7,14,17,24H,3,8-13,15-16H2,1-2H3,(H,22,23). The number of hydrogen-bond donors (Lipinski definition) is 2. The molecule has 0 bridgehead atoms. The number of aromatic nitrogens is 1. The van der Waals surface area contributed by atoms with Crippen molar-refractivity contribution in [3.63, 3.8) is 0 Å². The third-order valence-electron chi connectivity index (χ3n) is 5.02. The summed E-state index contributed by atoms with van der Waals surface area (Å²) in [5.74, 6) is 1.59. The lowest BCUT2D eigenvalue weighted by molar-refractivity contribution is 0.0536. The molecular weight excluding hydrogens is 340 g/mol. The first-order valence-corrected chi connectivity index (χ1v) is 9.96. The molecule has 1 aliphatic rings. The van der Waals surface area contributed by atoms with Crippen LogP contribution in [-0.2, 0) is 15.9 Å². The zero-order chi connectivity index (χ0) is 18.9. The Hall–Kier alpha value is -2.05. The number of guanidine groups is 1. The monoisotopic (exact) mass is 372 g/mol. The third kappa shape index (κ3) is 5.47. The number of ether oxygens (including phenoxy) is 2. The minimum Gasteiger partial charge on any atom is -0.382 e. The normalized spacial score (nSPS) is 17.8. The van der Waals surface area contributed by atoms with Crippen molar-refractivity contribution in [2.24, 2.45) is 10.9 Å². The predicted octanol–water partition coefficient (Wildman–Crippen LogP) is 2.66. The van der Waals surface area contributed by atoms with E-state index in [1.165, 1.54) is 16.5 Å². The molecule has 1 fully saturated rings. The lowest BCUT2D eigenvalue weighted by Gasteiger charge is -2.21. The summed E-state index contributed by atoms with van der Waals surface area (Å²) in [5.41, 5.74) is 2.52. The molecule has 0 spiro atoms. The molecule has 0 aliphatic carbocycles. The van der Waals surface area contributed by atoms with Gasteiger partial charge in [-0.15, -0.1) is 0 Å².